The van der Waals surface area contributed by atoms with Crippen molar-refractivity contribution >= 4 is 11.5 Å². The summed E-state index contributed by atoms with van der Waals surface area (Å²) in [5.41, 5.74) is 3.24. The number of Topliss-reactive ketones (excluding diaryl/α,β-unsaturated/α-hetero) is 1. The van der Waals surface area contributed by atoms with Crippen LogP contribution in [0.2, 0.25) is 0 Å². The summed E-state index contributed by atoms with van der Waals surface area (Å²) in [5, 5.41) is 0. The Morgan fingerprint density at radius 3 is 2.05 bits per heavy atom. The number of benzene rings is 1. The van der Waals surface area contributed by atoms with Gasteiger partial charge in [-0.15, -0.1) is 0 Å². The zero-order valence-corrected chi connectivity index (χ0v) is 13.6. The van der Waals surface area contributed by atoms with Crippen molar-refractivity contribution in [3.63, 3.8) is 0 Å². The molecule has 112 valence electrons. The fourth-order valence-corrected chi connectivity index (χ4v) is 1.86. The molecule has 0 aliphatic rings. The SMILES string of the molecule is C=C(/C=C\C(=C/C)N(C)C)C(=O)c1ccc(N(C)C)cc1. The Balaban J connectivity index is 2.83. The van der Waals surface area contributed by atoms with E-state index >= 15 is 0 Å². The standard InChI is InChI=1S/C18H24N2O/c1-7-16(19(3)4)11-8-14(2)18(21)15-9-12-17(13-10-15)20(5)6/h7-13H,2H2,1,3-6H3/b11-8-,16-7+. The minimum Gasteiger partial charge on any atom is -0.378 e. The van der Waals surface area contributed by atoms with Gasteiger partial charge in [0, 0.05) is 50.7 Å². The maximum Gasteiger partial charge on any atom is 0.192 e. The monoisotopic (exact) mass is 284 g/mol. The highest BCUT2D eigenvalue weighted by Gasteiger charge is 2.08. The van der Waals surface area contributed by atoms with Gasteiger partial charge in [0.05, 0.1) is 0 Å². The van der Waals surface area contributed by atoms with Crippen LogP contribution in [0.1, 0.15) is 17.3 Å². The van der Waals surface area contributed by atoms with E-state index in [1.807, 2.05) is 81.3 Å². The van der Waals surface area contributed by atoms with Gasteiger partial charge < -0.3 is 9.80 Å². The third-order valence-electron chi connectivity index (χ3n) is 3.20. The first-order valence-corrected chi connectivity index (χ1v) is 6.89. The van der Waals surface area contributed by atoms with Gasteiger partial charge >= 0.3 is 0 Å². The average Bonchev–Trinajstić information content (AvgIpc) is 2.46. The molecule has 1 rings (SSSR count). The third-order valence-corrected chi connectivity index (χ3v) is 3.20. The quantitative estimate of drug-likeness (QED) is 0.454. The van der Waals surface area contributed by atoms with E-state index in [0.717, 1.165) is 11.4 Å². The third kappa shape index (κ3) is 4.63. The molecular formula is C18H24N2O. The van der Waals surface area contributed by atoms with Gasteiger partial charge in [-0.2, -0.15) is 0 Å². The first-order chi connectivity index (χ1) is 9.86. The Kier molecular flexibility index (Phi) is 5.97. The molecule has 0 aliphatic carbocycles. The van der Waals surface area contributed by atoms with E-state index in [1.165, 1.54) is 0 Å². The second-order valence-corrected chi connectivity index (χ2v) is 5.24. The van der Waals surface area contributed by atoms with Crippen molar-refractivity contribution < 1.29 is 4.79 Å². The lowest BCUT2D eigenvalue weighted by Gasteiger charge is -2.13. The number of anilines is 1. The number of carbonyl (C=O) groups excluding carboxylic acids is 1. The second-order valence-electron chi connectivity index (χ2n) is 5.24. The summed E-state index contributed by atoms with van der Waals surface area (Å²) in [6.45, 7) is 5.82. The number of allylic oxidation sites excluding steroid dienone is 4. The lowest BCUT2D eigenvalue weighted by Crippen LogP contribution is -2.09. The molecule has 21 heavy (non-hydrogen) atoms. The van der Waals surface area contributed by atoms with Gasteiger partial charge in [0.25, 0.3) is 0 Å². The molecule has 0 aromatic heterocycles. The predicted molar refractivity (Wildman–Crippen MR) is 90.8 cm³/mol. The Bertz CT molecular complexity index is 563. The zero-order chi connectivity index (χ0) is 16.0. The molecule has 3 nitrogen and oxygen atoms in total. The normalized spacial score (nSPS) is 11.6. The van der Waals surface area contributed by atoms with Gasteiger partial charge in [0.15, 0.2) is 5.78 Å². The maximum atomic E-state index is 12.3. The van der Waals surface area contributed by atoms with Crippen LogP contribution < -0.4 is 4.90 Å². The number of likely N-dealkylation sites (N-methyl/N-ethyl adjacent to an activating group) is 1. The lowest BCUT2D eigenvalue weighted by atomic mass is 10.0. The first kappa shape index (κ1) is 16.8. The maximum absolute atomic E-state index is 12.3. The minimum absolute atomic E-state index is 0.0502. The largest absolute Gasteiger partial charge is 0.378 e. The molecule has 1 aromatic rings. The van der Waals surface area contributed by atoms with Crippen molar-refractivity contribution in [1.29, 1.82) is 0 Å². The molecule has 0 N–H and O–H groups in total. The van der Waals surface area contributed by atoms with E-state index in [4.69, 9.17) is 0 Å². The van der Waals surface area contributed by atoms with Crippen molar-refractivity contribution in [2.45, 2.75) is 6.92 Å². The van der Waals surface area contributed by atoms with Crippen LogP contribution in [0.3, 0.4) is 0 Å². The highest BCUT2D eigenvalue weighted by molar-refractivity contribution is 6.10. The Hall–Kier alpha value is -2.29. The highest BCUT2D eigenvalue weighted by atomic mass is 16.1. The smallest absolute Gasteiger partial charge is 0.192 e. The van der Waals surface area contributed by atoms with Crippen LogP contribution in [0.25, 0.3) is 0 Å². The number of ketones is 1. The van der Waals surface area contributed by atoms with Gasteiger partial charge in [-0.25, -0.2) is 0 Å². The summed E-state index contributed by atoms with van der Waals surface area (Å²) >= 11 is 0. The summed E-state index contributed by atoms with van der Waals surface area (Å²) in [5.74, 6) is -0.0502. The summed E-state index contributed by atoms with van der Waals surface area (Å²) in [7, 11) is 7.87. The Labute approximate surface area is 127 Å². The van der Waals surface area contributed by atoms with Gasteiger partial charge in [-0.1, -0.05) is 12.7 Å². The average molecular weight is 284 g/mol. The molecule has 0 spiro atoms. The number of nitrogens with zero attached hydrogens (tertiary/aromatic N) is 2. The lowest BCUT2D eigenvalue weighted by molar-refractivity contribution is 0.103. The van der Waals surface area contributed by atoms with Gasteiger partial charge in [-0.05, 0) is 43.3 Å². The molecule has 0 radical (unpaired) electrons. The topological polar surface area (TPSA) is 23.6 Å². The van der Waals surface area contributed by atoms with Crippen molar-refractivity contribution in [2.75, 3.05) is 33.1 Å². The minimum atomic E-state index is -0.0502. The van der Waals surface area contributed by atoms with Crippen molar-refractivity contribution in [2.24, 2.45) is 0 Å². The van der Waals surface area contributed by atoms with E-state index in [9.17, 15) is 4.79 Å². The molecule has 0 aliphatic heterocycles. The second kappa shape index (κ2) is 7.48. The molecule has 0 bridgehead atoms. The summed E-state index contributed by atoms with van der Waals surface area (Å²) in [6, 6.07) is 7.53. The zero-order valence-electron chi connectivity index (χ0n) is 13.6. The molecule has 0 unspecified atom stereocenters. The van der Waals surface area contributed by atoms with Gasteiger partial charge in [0.2, 0.25) is 0 Å². The van der Waals surface area contributed by atoms with Gasteiger partial charge in [0.1, 0.15) is 0 Å². The predicted octanol–water partition coefficient (Wildman–Crippen LogP) is 3.51. The summed E-state index contributed by atoms with van der Waals surface area (Å²) in [4.78, 5) is 16.3. The molecule has 3 heteroatoms. The summed E-state index contributed by atoms with van der Waals surface area (Å²) in [6.07, 6.45) is 5.64. The fraction of sp³-hybridized carbons (Fsp3) is 0.278. The molecule has 0 atom stereocenters. The van der Waals surface area contributed by atoms with Crippen LogP contribution in [-0.4, -0.2) is 38.9 Å². The number of rotatable bonds is 6. The first-order valence-electron chi connectivity index (χ1n) is 6.89. The van der Waals surface area contributed by atoms with Crippen molar-refractivity contribution in [3.8, 4) is 0 Å². The fourth-order valence-electron chi connectivity index (χ4n) is 1.86. The number of hydrogen-bond donors (Lipinski definition) is 0. The van der Waals surface area contributed by atoms with E-state index < -0.39 is 0 Å². The molecule has 0 fully saturated rings. The van der Waals surface area contributed by atoms with Crippen LogP contribution >= 0.6 is 0 Å². The molecule has 0 amide bonds. The van der Waals surface area contributed by atoms with Crippen molar-refractivity contribution in [1.82, 2.24) is 4.90 Å². The molecular weight excluding hydrogens is 260 g/mol. The van der Waals surface area contributed by atoms with Gasteiger partial charge in [-0.3, -0.25) is 4.79 Å². The number of carbonyl (C=O) groups is 1. The van der Waals surface area contributed by atoms with E-state index in [-0.39, 0.29) is 5.78 Å². The number of hydrogen-bond acceptors (Lipinski definition) is 3. The Morgan fingerprint density at radius 2 is 1.62 bits per heavy atom. The Morgan fingerprint density at radius 1 is 1.05 bits per heavy atom. The summed E-state index contributed by atoms with van der Waals surface area (Å²) < 4.78 is 0. The van der Waals surface area contributed by atoms with Crippen LogP contribution in [-0.2, 0) is 0 Å². The van der Waals surface area contributed by atoms with Crippen LogP contribution in [0, 0.1) is 0 Å². The van der Waals surface area contributed by atoms with Crippen LogP contribution in [0.4, 0.5) is 5.69 Å². The molecule has 0 saturated carbocycles. The molecule has 0 heterocycles. The van der Waals surface area contributed by atoms with E-state index in [1.54, 1.807) is 6.08 Å². The van der Waals surface area contributed by atoms with Crippen LogP contribution in [0.5, 0.6) is 0 Å². The molecule has 0 saturated heterocycles. The van der Waals surface area contributed by atoms with Crippen molar-refractivity contribution in [3.05, 3.63) is 65.9 Å². The van der Waals surface area contributed by atoms with E-state index in [0.29, 0.717) is 11.1 Å². The van der Waals surface area contributed by atoms with E-state index in [2.05, 4.69) is 6.58 Å². The molecule has 1 aromatic carbocycles. The van der Waals surface area contributed by atoms with Crippen LogP contribution in [0.15, 0.2) is 60.3 Å². The highest BCUT2D eigenvalue weighted by Crippen LogP contribution is 2.15.